The number of benzene rings is 1. The Kier molecular flexibility index (Phi) is 4.98. The SMILES string of the molecule is CCOc1cc(NCC2(O)CCOCC2)cc([N+](=O)[O-])c1. The fourth-order valence-corrected chi connectivity index (χ4v) is 2.24. The lowest BCUT2D eigenvalue weighted by Gasteiger charge is -2.32. The van der Waals surface area contributed by atoms with Crippen LogP contribution in [0.25, 0.3) is 0 Å². The maximum Gasteiger partial charge on any atom is 0.275 e. The lowest BCUT2D eigenvalue weighted by Crippen LogP contribution is -2.42. The van der Waals surface area contributed by atoms with Gasteiger partial charge in [-0.3, -0.25) is 10.1 Å². The zero-order chi connectivity index (χ0) is 15.3. The number of hydrogen-bond donors (Lipinski definition) is 2. The van der Waals surface area contributed by atoms with Crippen molar-refractivity contribution in [2.24, 2.45) is 0 Å². The topological polar surface area (TPSA) is 93.9 Å². The first-order valence-electron chi connectivity index (χ1n) is 6.99. The number of non-ortho nitro benzene ring substituents is 1. The third-order valence-electron chi connectivity index (χ3n) is 3.46. The van der Waals surface area contributed by atoms with Gasteiger partial charge in [-0.15, -0.1) is 0 Å². The molecule has 1 aliphatic heterocycles. The first-order valence-corrected chi connectivity index (χ1v) is 6.99. The van der Waals surface area contributed by atoms with Crippen LogP contribution in [0.5, 0.6) is 5.75 Å². The molecule has 2 rings (SSSR count). The molecule has 1 fully saturated rings. The van der Waals surface area contributed by atoms with Gasteiger partial charge in [0.05, 0.1) is 23.2 Å². The van der Waals surface area contributed by atoms with Crippen molar-refractivity contribution >= 4 is 11.4 Å². The predicted octanol–water partition coefficient (Wildman–Crippen LogP) is 1.95. The quantitative estimate of drug-likeness (QED) is 0.615. The van der Waals surface area contributed by atoms with Gasteiger partial charge in [0, 0.05) is 50.4 Å². The molecule has 0 bridgehead atoms. The van der Waals surface area contributed by atoms with Crippen LogP contribution in [0.15, 0.2) is 18.2 Å². The summed E-state index contributed by atoms with van der Waals surface area (Å²) < 4.78 is 10.5. The summed E-state index contributed by atoms with van der Waals surface area (Å²) in [5.74, 6) is 0.438. The molecule has 2 N–H and O–H groups in total. The van der Waals surface area contributed by atoms with Crippen molar-refractivity contribution < 1.29 is 19.5 Å². The summed E-state index contributed by atoms with van der Waals surface area (Å²) in [7, 11) is 0. The third-order valence-corrected chi connectivity index (χ3v) is 3.46. The Labute approximate surface area is 123 Å². The molecule has 1 aliphatic rings. The average Bonchev–Trinajstić information content (AvgIpc) is 2.46. The highest BCUT2D eigenvalue weighted by atomic mass is 16.6. The number of nitrogens with one attached hydrogen (secondary N) is 1. The average molecular weight is 296 g/mol. The maximum absolute atomic E-state index is 10.9. The minimum absolute atomic E-state index is 0.0394. The molecule has 1 aromatic carbocycles. The second kappa shape index (κ2) is 6.73. The summed E-state index contributed by atoms with van der Waals surface area (Å²) >= 11 is 0. The van der Waals surface area contributed by atoms with Crippen molar-refractivity contribution in [2.45, 2.75) is 25.4 Å². The molecule has 0 unspecified atom stereocenters. The number of nitro benzene ring substituents is 1. The molecule has 0 aliphatic carbocycles. The Hall–Kier alpha value is -1.86. The fourth-order valence-electron chi connectivity index (χ4n) is 2.24. The van der Waals surface area contributed by atoms with Crippen molar-refractivity contribution in [1.82, 2.24) is 0 Å². The Morgan fingerprint density at radius 3 is 2.76 bits per heavy atom. The molecule has 0 spiro atoms. The van der Waals surface area contributed by atoms with E-state index in [1.165, 1.54) is 12.1 Å². The highest BCUT2D eigenvalue weighted by molar-refractivity contribution is 5.56. The standard InChI is InChI=1S/C14H20N2O5/c1-2-21-13-8-11(7-12(9-13)16(18)19)15-10-14(17)3-5-20-6-4-14/h7-9,15,17H,2-6,10H2,1H3. The lowest BCUT2D eigenvalue weighted by atomic mass is 9.94. The Balaban J connectivity index is 2.09. The van der Waals surface area contributed by atoms with E-state index in [4.69, 9.17) is 9.47 Å². The number of aliphatic hydroxyl groups is 1. The van der Waals surface area contributed by atoms with Gasteiger partial charge in [-0.05, 0) is 6.92 Å². The molecule has 0 radical (unpaired) electrons. The van der Waals surface area contributed by atoms with Gasteiger partial charge in [0.1, 0.15) is 5.75 Å². The first-order chi connectivity index (χ1) is 10.0. The van der Waals surface area contributed by atoms with Gasteiger partial charge in [-0.2, -0.15) is 0 Å². The van der Waals surface area contributed by atoms with Crippen LogP contribution in [-0.4, -0.2) is 42.0 Å². The predicted molar refractivity (Wildman–Crippen MR) is 77.8 cm³/mol. The van der Waals surface area contributed by atoms with E-state index in [0.29, 0.717) is 50.6 Å². The number of rotatable bonds is 6. The smallest absolute Gasteiger partial charge is 0.275 e. The molecule has 7 nitrogen and oxygen atoms in total. The number of hydrogen-bond acceptors (Lipinski definition) is 6. The molecule has 0 saturated carbocycles. The molecule has 1 heterocycles. The molecule has 1 aromatic rings. The van der Waals surface area contributed by atoms with Gasteiger partial charge >= 0.3 is 0 Å². The normalized spacial score (nSPS) is 17.2. The second-order valence-corrected chi connectivity index (χ2v) is 5.10. The Bertz CT molecular complexity index is 500. The van der Waals surface area contributed by atoms with E-state index in [9.17, 15) is 15.2 Å². The van der Waals surface area contributed by atoms with Gasteiger partial charge in [0.25, 0.3) is 5.69 Å². The van der Waals surface area contributed by atoms with Gasteiger partial charge in [-0.25, -0.2) is 0 Å². The van der Waals surface area contributed by atoms with E-state index >= 15 is 0 Å². The zero-order valence-corrected chi connectivity index (χ0v) is 12.0. The van der Waals surface area contributed by atoms with Crippen LogP contribution in [0.2, 0.25) is 0 Å². The summed E-state index contributed by atoms with van der Waals surface area (Å²) in [4.78, 5) is 10.5. The highest BCUT2D eigenvalue weighted by Crippen LogP contribution is 2.27. The minimum Gasteiger partial charge on any atom is -0.494 e. The molecule has 1 saturated heterocycles. The van der Waals surface area contributed by atoms with E-state index in [0.717, 1.165) is 0 Å². The summed E-state index contributed by atoms with van der Waals surface area (Å²) in [6.07, 6.45) is 1.10. The van der Waals surface area contributed by atoms with E-state index in [1.807, 2.05) is 6.92 Å². The molecule has 21 heavy (non-hydrogen) atoms. The van der Waals surface area contributed by atoms with E-state index < -0.39 is 10.5 Å². The summed E-state index contributed by atoms with van der Waals surface area (Å²) in [5, 5.41) is 24.4. The molecule has 0 amide bonds. The van der Waals surface area contributed by atoms with Gasteiger partial charge in [0.15, 0.2) is 0 Å². The van der Waals surface area contributed by atoms with Crippen LogP contribution in [0.1, 0.15) is 19.8 Å². The second-order valence-electron chi connectivity index (χ2n) is 5.10. The third kappa shape index (κ3) is 4.30. The monoisotopic (exact) mass is 296 g/mol. The van der Waals surface area contributed by atoms with Crippen LogP contribution >= 0.6 is 0 Å². The van der Waals surface area contributed by atoms with Crippen LogP contribution < -0.4 is 10.1 Å². The van der Waals surface area contributed by atoms with Crippen molar-refractivity contribution in [3.63, 3.8) is 0 Å². The lowest BCUT2D eigenvalue weighted by molar-refractivity contribution is -0.384. The molecular weight excluding hydrogens is 276 g/mol. The van der Waals surface area contributed by atoms with Gasteiger partial charge < -0.3 is 19.9 Å². The Morgan fingerprint density at radius 1 is 1.43 bits per heavy atom. The van der Waals surface area contributed by atoms with E-state index in [1.54, 1.807) is 6.07 Å². The van der Waals surface area contributed by atoms with Crippen molar-refractivity contribution in [3.05, 3.63) is 28.3 Å². The number of nitro groups is 1. The van der Waals surface area contributed by atoms with Crippen LogP contribution in [0.4, 0.5) is 11.4 Å². The fraction of sp³-hybridized carbons (Fsp3) is 0.571. The van der Waals surface area contributed by atoms with Gasteiger partial charge in [0.2, 0.25) is 0 Å². The molecule has 0 atom stereocenters. The number of ether oxygens (including phenoxy) is 2. The minimum atomic E-state index is -0.839. The molecule has 0 aromatic heterocycles. The highest BCUT2D eigenvalue weighted by Gasteiger charge is 2.29. The van der Waals surface area contributed by atoms with Gasteiger partial charge in [-0.1, -0.05) is 0 Å². The maximum atomic E-state index is 10.9. The summed E-state index contributed by atoms with van der Waals surface area (Å²) in [5.41, 5.74) is -0.316. The van der Waals surface area contributed by atoms with E-state index in [2.05, 4.69) is 5.32 Å². The number of nitrogens with zero attached hydrogens (tertiary/aromatic N) is 1. The summed E-state index contributed by atoms with van der Waals surface area (Å²) in [6.45, 7) is 3.62. The molecule has 116 valence electrons. The summed E-state index contributed by atoms with van der Waals surface area (Å²) in [6, 6.07) is 4.52. The Morgan fingerprint density at radius 2 is 2.14 bits per heavy atom. The largest absolute Gasteiger partial charge is 0.494 e. The van der Waals surface area contributed by atoms with Crippen molar-refractivity contribution in [3.8, 4) is 5.75 Å². The zero-order valence-electron chi connectivity index (χ0n) is 12.0. The van der Waals surface area contributed by atoms with Crippen LogP contribution in [0, 0.1) is 10.1 Å². The molecule has 7 heteroatoms. The van der Waals surface area contributed by atoms with Crippen LogP contribution in [0.3, 0.4) is 0 Å². The van der Waals surface area contributed by atoms with Crippen LogP contribution in [-0.2, 0) is 4.74 Å². The first kappa shape index (κ1) is 15.5. The molecular formula is C14H20N2O5. The van der Waals surface area contributed by atoms with Crippen molar-refractivity contribution in [1.29, 1.82) is 0 Å². The van der Waals surface area contributed by atoms with E-state index in [-0.39, 0.29) is 5.69 Å². The van der Waals surface area contributed by atoms with Crippen molar-refractivity contribution in [2.75, 3.05) is 31.7 Å². The number of anilines is 1.